The Morgan fingerprint density at radius 2 is 2.00 bits per heavy atom. The van der Waals surface area contributed by atoms with Gasteiger partial charge in [-0.05, 0) is 51.0 Å². The summed E-state index contributed by atoms with van der Waals surface area (Å²) >= 11 is 0. The summed E-state index contributed by atoms with van der Waals surface area (Å²) in [5, 5.41) is 15.1. The van der Waals surface area contributed by atoms with Crippen LogP contribution in [-0.4, -0.2) is 61.0 Å². The van der Waals surface area contributed by atoms with Crippen LogP contribution in [0.25, 0.3) is 0 Å². The molecule has 2 bridgehead atoms. The lowest BCUT2D eigenvalue weighted by Gasteiger charge is -2.28. The normalized spacial score (nSPS) is 33.6. The second-order valence-corrected chi connectivity index (χ2v) is 10.5. The van der Waals surface area contributed by atoms with Crippen LogP contribution in [0.1, 0.15) is 58.8 Å². The fraction of sp³-hybridized carbons (Fsp3) is 0.548. The standard InChI is InChI=1S/C31H43NO6/c1-22-16-17-36-27(20-22)14-15-29(33)30-12-5-8-25(32-35-4)19-23(2)18-24(3)21-28-11-6-9-26(37-28)10-7-13-31(34)38-30/h5-9,13-16,24,26-30,33H,2,10-12,17-21H2,1,3-4H3/b8-5-,13-7-,15-14+,32-25-. The third-order valence-electron chi connectivity index (χ3n) is 6.80. The van der Waals surface area contributed by atoms with E-state index in [1.807, 2.05) is 30.4 Å². The quantitative estimate of drug-likeness (QED) is 0.295. The molecule has 208 valence electrons. The molecular formula is C31H43NO6. The Morgan fingerprint density at radius 1 is 1.18 bits per heavy atom. The van der Waals surface area contributed by atoms with Crippen LogP contribution in [0, 0.1) is 5.92 Å². The summed E-state index contributed by atoms with van der Waals surface area (Å²) in [6.45, 7) is 9.10. The molecule has 0 radical (unpaired) electrons. The minimum Gasteiger partial charge on any atom is -0.456 e. The number of allylic oxidation sites excluding steroid dienone is 2. The van der Waals surface area contributed by atoms with E-state index in [9.17, 15) is 9.90 Å². The van der Waals surface area contributed by atoms with Crippen molar-refractivity contribution < 1.29 is 28.9 Å². The molecule has 0 aliphatic carbocycles. The zero-order chi connectivity index (χ0) is 27.3. The van der Waals surface area contributed by atoms with Crippen molar-refractivity contribution in [3.8, 4) is 0 Å². The average molecular weight is 526 g/mol. The Morgan fingerprint density at radius 3 is 2.79 bits per heavy atom. The fourth-order valence-electron chi connectivity index (χ4n) is 4.95. The summed E-state index contributed by atoms with van der Waals surface area (Å²) in [7, 11) is 1.51. The molecule has 0 spiro atoms. The molecule has 0 aromatic rings. The number of nitrogens with zero attached hydrogens (tertiary/aromatic N) is 1. The van der Waals surface area contributed by atoms with Crippen LogP contribution < -0.4 is 0 Å². The van der Waals surface area contributed by atoms with Gasteiger partial charge in [0, 0.05) is 18.9 Å². The Balaban J connectivity index is 1.76. The highest BCUT2D eigenvalue weighted by atomic mass is 16.6. The zero-order valence-electron chi connectivity index (χ0n) is 23.0. The molecule has 3 aliphatic rings. The molecule has 6 unspecified atom stereocenters. The number of aliphatic hydroxyl groups excluding tert-OH is 1. The van der Waals surface area contributed by atoms with E-state index in [4.69, 9.17) is 19.0 Å². The maximum atomic E-state index is 12.7. The lowest BCUT2D eigenvalue weighted by atomic mass is 9.91. The first-order valence-electron chi connectivity index (χ1n) is 13.6. The summed E-state index contributed by atoms with van der Waals surface area (Å²) in [5.74, 6) is -0.0932. The number of carbonyl (C=O) groups excluding carboxylic acids is 1. The first-order chi connectivity index (χ1) is 18.3. The van der Waals surface area contributed by atoms with Gasteiger partial charge in [-0.25, -0.2) is 4.79 Å². The van der Waals surface area contributed by atoms with E-state index in [0.29, 0.717) is 31.8 Å². The van der Waals surface area contributed by atoms with Crippen molar-refractivity contribution in [1.82, 2.24) is 0 Å². The minimum atomic E-state index is -0.999. The van der Waals surface area contributed by atoms with Gasteiger partial charge < -0.3 is 24.2 Å². The molecular weight excluding hydrogens is 482 g/mol. The molecule has 0 saturated carbocycles. The Hall–Kier alpha value is -2.74. The molecule has 3 heterocycles. The second-order valence-electron chi connectivity index (χ2n) is 10.5. The Labute approximate surface area is 227 Å². The average Bonchev–Trinajstić information content (AvgIpc) is 2.86. The highest BCUT2D eigenvalue weighted by Gasteiger charge is 2.23. The van der Waals surface area contributed by atoms with Gasteiger partial charge in [0.25, 0.3) is 0 Å². The van der Waals surface area contributed by atoms with Crippen LogP contribution in [0.2, 0.25) is 0 Å². The predicted octanol–water partition coefficient (Wildman–Crippen LogP) is 5.54. The van der Waals surface area contributed by atoms with E-state index < -0.39 is 18.2 Å². The highest BCUT2D eigenvalue weighted by molar-refractivity contribution is 5.96. The van der Waals surface area contributed by atoms with E-state index in [1.165, 1.54) is 18.8 Å². The van der Waals surface area contributed by atoms with Crippen molar-refractivity contribution in [2.45, 2.75) is 89.3 Å². The molecule has 7 heteroatoms. The maximum Gasteiger partial charge on any atom is 0.330 e. The van der Waals surface area contributed by atoms with E-state index in [2.05, 4.69) is 31.7 Å². The van der Waals surface area contributed by atoms with E-state index in [1.54, 1.807) is 12.2 Å². The number of esters is 1. The molecule has 3 aliphatic heterocycles. The Kier molecular flexibility index (Phi) is 12.3. The van der Waals surface area contributed by atoms with Crippen molar-refractivity contribution in [2.24, 2.45) is 11.1 Å². The van der Waals surface area contributed by atoms with Gasteiger partial charge in [0.2, 0.25) is 0 Å². The van der Waals surface area contributed by atoms with Crippen molar-refractivity contribution in [2.75, 3.05) is 13.7 Å². The molecule has 6 atom stereocenters. The highest BCUT2D eigenvalue weighted by Crippen LogP contribution is 2.25. The van der Waals surface area contributed by atoms with Crippen molar-refractivity contribution >= 4 is 11.7 Å². The number of oxime groups is 1. The summed E-state index contributed by atoms with van der Waals surface area (Å²) in [5.41, 5.74) is 3.03. The topological polar surface area (TPSA) is 86.6 Å². The number of hydrogen-bond acceptors (Lipinski definition) is 7. The molecule has 38 heavy (non-hydrogen) atoms. The summed E-state index contributed by atoms with van der Waals surface area (Å²) in [6.07, 6.45) is 19.7. The smallest absolute Gasteiger partial charge is 0.330 e. The predicted molar refractivity (Wildman–Crippen MR) is 150 cm³/mol. The minimum absolute atomic E-state index is 0.0761. The molecule has 0 aromatic carbocycles. The van der Waals surface area contributed by atoms with Crippen molar-refractivity contribution in [3.05, 3.63) is 72.4 Å². The van der Waals surface area contributed by atoms with Crippen molar-refractivity contribution in [1.29, 1.82) is 0 Å². The van der Waals surface area contributed by atoms with E-state index >= 15 is 0 Å². The monoisotopic (exact) mass is 525 g/mol. The van der Waals surface area contributed by atoms with Gasteiger partial charge >= 0.3 is 5.97 Å². The number of carbonyl (C=O) groups is 1. The van der Waals surface area contributed by atoms with Gasteiger partial charge in [-0.2, -0.15) is 0 Å². The third-order valence-corrected chi connectivity index (χ3v) is 6.80. The number of ether oxygens (including phenoxy) is 3. The lowest BCUT2D eigenvalue weighted by Crippen LogP contribution is -2.30. The van der Waals surface area contributed by atoms with Gasteiger partial charge in [-0.3, -0.25) is 0 Å². The van der Waals surface area contributed by atoms with Crippen LogP contribution in [0.15, 0.2) is 77.6 Å². The van der Waals surface area contributed by atoms with Crippen molar-refractivity contribution in [3.63, 3.8) is 0 Å². The SMILES string of the molecule is C=C1CC(=N\OC)/C=C\CC(C(O)/C=C/C2CC(C)=CCO2)OC(=O)/C=C\CC2C=CCC(CC(C)C1)O2. The third kappa shape index (κ3) is 10.6. The van der Waals surface area contributed by atoms with E-state index in [0.717, 1.165) is 37.0 Å². The Bertz CT molecular complexity index is 975. The van der Waals surface area contributed by atoms with Crippen LogP contribution in [0.3, 0.4) is 0 Å². The van der Waals surface area contributed by atoms with Crippen LogP contribution >= 0.6 is 0 Å². The summed E-state index contributed by atoms with van der Waals surface area (Å²) in [6, 6.07) is 0. The number of rotatable bonds is 4. The molecule has 0 fully saturated rings. The fourth-order valence-corrected chi connectivity index (χ4v) is 4.95. The molecule has 0 saturated heterocycles. The largest absolute Gasteiger partial charge is 0.456 e. The van der Waals surface area contributed by atoms with E-state index in [-0.39, 0.29) is 18.3 Å². The van der Waals surface area contributed by atoms with Gasteiger partial charge in [0.15, 0.2) is 0 Å². The van der Waals surface area contributed by atoms with Gasteiger partial charge in [0.1, 0.15) is 19.3 Å². The first kappa shape index (κ1) is 29.8. The second kappa shape index (κ2) is 15.6. The molecule has 7 nitrogen and oxygen atoms in total. The molecule has 3 rings (SSSR count). The number of fused-ring (bicyclic) bond motifs is 2. The number of cyclic esters (lactones) is 1. The summed E-state index contributed by atoms with van der Waals surface area (Å²) < 4.78 is 17.6. The first-order valence-corrected chi connectivity index (χ1v) is 13.6. The number of hydrogen-bond donors (Lipinski definition) is 1. The van der Waals surface area contributed by atoms with Gasteiger partial charge in [-0.1, -0.05) is 72.3 Å². The molecule has 1 N–H and O–H groups in total. The summed E-state index contributed by atoms with van der Waals surface area (Å²) in [4.78, 5) is 17.7. The zero-order valence-corrected chi connectivity index (χ0v) is 23.0. The maximum absolute atomic E-state index is 12.7. The van der Waals surface area contributed by atoms with Crippen LogP contribution in [0.4, 0.5) is 0 Å². The van der Waals surface area contributed by atoms with Crippen LogP contribution in [0.5, 0.6) is 0 Å². The lowest BCUT2D eigenvalue weighted by molar-refractivity contribution is -0.147. The van der Waals surface area contributed by atoms with Crippen LogP contribution in [-0.2, 0) is 23.8 Å². The number of aliphatic hydroxyl groups is 1. The molecule has 0 aromatic heterocycles. The van der Waals surface area contributed by atoms with Gasteiger partial charge in [-0.15, -0.1) is 0 Å². The van der Waals surface area contributed by atoms with Gasteiger partial charge in [0.05, 0.1) is 30.6 Å². The molecule has 0 amide bonds.